The van der Waals surface area contributed by atoms with Crippen molar-refractivity contribution >= 4 is 21.6 Å². The van der Waals surface area contributed by atoms with E-state index in [9.17, 15) is 13.2 Å². The molecule has 0 spiro atoms. The number of hydrogen-bond acceptors (Lipinski definition) is 5. The zero-order valence-electron chi connectivity index (χ0n) is 11.1. The molecule has 0 saturated carbocycles. The van der Waals surface area contributed by atoms with Gasteiger partial charge in [0.05, 0.1) is 17.3 Å². The number of primary amides is 1. The van der Waals surface area contributed by atoms with E-state index >= 15 is 0 Å². The van der Waals surface area contributed by atoms with Crippen molar-refractivity contribution in [1.82, 2.24) is 4.72 Å². The lowest BCUT2D eigenvalue weighted by Crippen LogP contribution is -2.47. The van der Waals surface area contributed by atoms with Gasteiger partial charge in [-0.2, -0.15) is 9.98 Å². The summed E-state index contributed by atoms with van der Waals surface area (Å²) < 4.78 is 26.6. The topological polar surface area (TPSA) is 139 Å². The van der Waals surface area contributed by atoms with Crippen LogP contribution in [0.15, 0.2) is 23.1 Å². The Morgan fingerprint density at radius 3 is 2.40 bits per heavy atom. The molecule has 108 valence electrons. The van der Waals surface area contributed by atoms with Crippen molar-refractivity contribution in [3.05, 3.63) is 23.8 Å². The first-order chi connectivity index (χ1) is 9.19. The van der Waals surface area contributed by atoms with Crippen LogP contribution in [0, 0.1) is 17.2 Å². The third-order valence-corrected chi connectivity index (χ3v) is 4.20. The zero-order valence-corrected chi connectivity index (χ0v) is 11.9. The summed E-state index contributed by atoms with van der Waals surface area (Å²) in [4.78, 5) is 11.1. The lowest BCUT2D eigenvalue weighted by Gasteiger charge is -2.19. The second kappa shape index (κ2) is 5.90. The molecule has 0 heterocycles. The predicted molar refractivity (Wildman–Crippen MR) is 73.7 cm³/mol. The van der Waals surface area contributed by atoms with E-state index in [0.29, 0.717) is 0 Å². The molecule has 1 aromatic rings. The highest BCUT2D eigenvalue weighted by molar-refractivity contribution is 7.89. The molecule has 20 heavy (non-hydrogen) atoms. The van der Waals surface area contributed by atoms with Crippen molar-refractivity contribution < 1.29 is 13.2 Å². The third-order valence-electron chi connectivity index (χ3n) is 2.68. The van der Waals surface area contributed by atoms with Gasteiger partial charge in [0.1, 0.15) is 10.9 Å². The van der Waals surface area contributed by atoms with E-state index in [0.717, 1.165) is 0 Å². The van der Waals surface area contributed by atoms with E-state index in [4.69, 9.17) is 16.7 Å². The van der Waals surface area contributed by atoms with Crippen LogP contribution in [0.5, 0.6) is 0 Å². The standard InChI is InChI=1S/C12H16N4O3S/c1-7(2)11(12(15)17)16-20(18,19)10-4-3-8(6-13)5-9(10)14/h3-5,7,11,16H,14H2,1-2H3,(H2,15,17). The monoisotopic (exact) mass is 296 g/mol. The van der Waals surface area contributed by atoms with Gasteiger partial charge < -0.3 is 11.5 Å². The maximum atomic E-state index is 12.2. The number of benzene rings is 1. The maximum absolute atomic E-state index is 12.2. The number of nitrogen functional groups attached to an aromatic ring is 1. The minimum atomic E-state index is -3.99. The van der Waals surface area contributed by atoms with E-state index < -0.39 is 22.0 Å². The number of hydrogen-bond donors (Lipinski definition) is 3. The Balaban J connectivity index is 3.18. The molecular formula is C12H16N4O3S. The zero-order chi connectivity index (χ0) is 15.5. The van der Waals surface area contributed by atoms with Crippen LogP contribution in [0.4, 0.5) is 5.69 Å². The third kappa shape index (κ3) is 3.46. The second-order valence-electron chi connectivity index (χ2n) is 4.61. The van der Waals surface area contributed by atoms with Crippen LogP contribution in [-0.4, -0.2) is 20.4 Å². The summed E-state index contributed by atoms with van der Waals surface area (Å²) in [5, 5.41) is 8.71. The fraction of sp³-hybridized carbons (Fsp3) is 0.333. The van der Waals surface area contributed by atoms with Crippen LogP contribution in [0.2, 0.25) is 0 Å². The van der Waals surface area contributed by atoms with E-state index in [1.54, 1.807) is 13.8 Å². The molecule has 0 aliphatic heterocycles. The van der Waals surface area contributed by atoms with Gasteiger partial charge in [-0.25, -0.2) is 8.42 Å². The molecule has 8 heteroatoms. The fourth-order valence-electron chi connectivity index (χ4n) is 1.62. The van der Waals surface area contributed by atoms with Crippen LogP contribution in [0.1, 0.15) is 19.4 Å². The summed E-state index contributed by atoms with van der Waals surface area (Å²) >= 11 is 0. The van der Waals surface area contributed by atoms with E-state index in [2.05, 4.69) is 4.72 Å². The van der Waals surface area contributed by atoms with Crippen molar-refractivity contribution in [3.8, 4) is 6.07 Å². The molecule has 1 unspecified atom stereocenters. The van der Waals surface area contributed by atoms with Gasteiger partial charge in [0.15, 0.2) is 0 Å². The summed E-state index contributed by atoms with van der Waals surface area (Å²) in [6.07, 6.45) is 0. The molecule has 1 amide bonds. The molecule has 1 rings (SSSR count). The van der Waals surface area contributed by atoms with Crippen LogP contribution in [-0.2, 0) is 14.8 Å². The number of amides is 1. The van der Waals surface area contributed by atoms with Crippen LogP contribution in [0.25, 0.3) is 0 Å². The van der Waals surface area contributed by atoms with Gasteiger partial charge >= 0.3 is 0 Å². The second-order valence-corrected chi connectivity index (χ2v) is 6.29. The Bertz CT molecular complexity index is 662. The Morgan fingerprint density at radius 1 is 1.40 bits per heavy atom. The summed E-state index contributed by atoms with van der Waals surface area (Å²) in [7, 11) is -3.99. The Hall–Kier alpha value is -2.11. The molecule has 0 fully saturated rings. The van der Waals surface area contributed by atoms with Crippen LogP contribution in [0.3, 0.4) is 0 Å². The first-order valence-electron chi connectivity index (χ1n) is 5.80. The number of carbonyl (C=O) groups is 1. The van der Waals surface area contributed by atoms with Gasteiger partial charge in [0.25, 0.3) is 0 Å². The summed E-state index contributed by atoms with van der Waals surface area (Å²) in [6.45, 7) is 3.33. The Kier molecular flexibility index (Phi) is 4.70. The number of anilines is 1. The minimum Gasteiger partial charge on any atom is -0.398 e. The van der Waals surface area contributed by atoms with Gasteiger partial charge in [-0.15, -0.1) is 0 Å². The molecule has 0 saturated heterocycles. The van der Waals surface area contributed by atoms with Gasteiger partial charge in [-0.1, -0.05) is 13.8 Å². The molecule has 0 aromatic heterocycles. The first kappa shape index (κ1) is 15.9. The average Bonchev–Trinajstić information content (AvgIpc) is 2.34. The smallest absolute Gasteiger partial charge is 0.243 e. The molecule has 5 N–H and O–H groups in total. The number of nitrogens with zero attached hydrogens (tertiary/aromatic N) is 1. The molecule has 0 aliphatic carbocycles. The van der Waals surface area contributed by atoms with Gasteiger partial charge in [-0.05, 0) is 24.1 Å². The quantitative estimate of drug-likeness (QED) is 0.652. The fourth-order valence-corrected chi connectivity index (χ4v) is 3.08. The van der Waals surface area contributed by atoms with Crippen LogP contribution >= 0.6 is 0 Å². The van der Waals surface area contributed by atoms with Gasteiger partial charge in [-0.3, -0.25) is 4.79 Å². The van der Waals surface area contributed by atoms with Gasteiger partial charge in [0, 0.05) is 0 Å². The molecule has 0 aliphatic rings. The molecule has 0 bridgehead atoms. The van der Waals surface area contributed by atoms with Crippen LogP contribution < -0.4 is 16.2 Å². The number of sulfonamides is 1. The lowest BCUT2D eigenvalue weighted by molar-refractivity contribution is -0.120. The number of nitrogens with two attached hydrogens (primary N) is 2. The number of carbonyl (C=O) groups excluding carboxylic acids is 1. The van der Waals surface area contributed by atoms with E-state index in [1.807, 2.05) is 6.07 Å². The highest BCUT2D eigenvalue weighted by atomic mass is 32.2. The molecule has 1 aromatic carbocycles. The lowest BCUT2D eigenvalue weighted by atomic mass is 10.1. The normalized spacial score (nSPS) is 12.9. The SMILES string of the molecule is CC(C)C(NS(=O)(=O)c1ccc(C#N)cc1N)C(N)=O. The van der Waals surface area contributed by atoms with Crippen molar-refractivity contribution in [1.29, 1.82) is 5.26 Å². The summed E-state index contributed by atoms with van der Waals surface area (Å²) in [5.41, 5.74) is 11.0. The largest absolute Gasteiger partial charge is 0.398 e. The maximum Gasteiger partial charge on any atom is 0.243 e. The predicted octanol–water partition coefficient (Wildman–Crippen LogP) is -0.0713. The Morgan fingerprint density at radius 2 is 2.00 bits per heavy atom. The van der Waals surface area contributed by atoms with Crippen molar-refractivity contribution in [2.75, 3.05) is 5.73 Å². The molecule has 1 atom stereocenters. The number of nitrogens with one attached hydrogen (secondary N) is 1. The highest BCUT2D eigenvalue weighted by Crippen LogP contribution is 2.20. The average molecular weight is 296 g/mol. The summed E-state index contributed by atoms with van der Waals surface area (Å²) in [5.74, 6) is -1.07. The van der Waals surface area contributed by atoms with Crippen molar-refractivity contribution in [3.63, 3.8) is 0 Å². The van der Waals surface area contributed by atoms with Crippen molar-refractivity contribution in [2.24, 2.45) is 11.7 Å². The van der Waals surface area contributed by atoms with Crippen molar-refractivity contribution in [2.45, 2.75) is 24.8 Å². The summed E-state index contributed by atoms with van der Waals surface area (Å²) in [6, 6.07) is 4.62. The van der Waals surface area contributed by atoms with E-state index in [-0.39, 0.29) is 22.1 Å². The molecule has 7 nitrogen and oxygen atoms in total. The highest BCUT2D eigenvalue weighted by Gasteiger charge is 2.27. The van der Waals surface area contributed by atoms with E-state index in [1.165, 1.54) is 18.2 Å². The first-order valence-corrected chi connectivity index (χ1v) is 7.28. The minimum absolute atomic E-state index is 0.0662. The molecular weight excluding hydrogens is 280 g/mol. The number of rotatable bonds is 5. The van der Waals surface area contributed by atoms with Gasteiger partial charge in [0.2, 0.25) is 15.9 Å². The Labute approximate surface area is 117 Å². The molecule has 0 radical (unpaired) electrons. The number of nitriles is 1.